The summed E-state index contributed by atoms with van der Waals surface area (Å²) in [7, 11) is -6.46. The number of aromatic nitrogens is 1. The van der Waals surface area contributed by atoms with Crippen molar-refractivity contribution in [3.05, 3.63) is 46.1 Å². The van der Waals surface area contributed by atoms with E-state index in [2.05, 4.69) is 4.72 Å². The number of nitrogens with one attached hydrogen (secondary N) is 1. The fourth-order valence-electron chi connectivity index (χ4n) is 4.03. The summed E-state index contributed by atoms with van der Waals surface area (Å²) >= 11 is 0.990. The van der Waals surface area contributed by atoms with Gasteiger partial charge in [0.1, 0.15) is 5.75 Å². The normalized spacial score (nSPS) is 15.5. The Hall–Kier alpha value is -2.41. The molecule has 1 N–H and O–H groups in total. The van der Waals surface area contributed by atoms with Crippen LogP contribution in [0.5, 0.6) is 5.75 Å². The van der Waals surface area contributed by atoms with Crippen LogP contribution in [0.2, 0.25) is 0 Å². The van der Waals surface area contributed by atoms with E-state index < -0.39 is 20.0 Å². The minimum absolute atomic E-state index is 0.00165. The summed E-state index contributed by atoms with van der Waals surface area (Å²) in [6.45, 7) is 3.40. The number of thiazole rings is 1. The van der Waals surface area contributed by atoms with Gasteiger partial charge in [-0.1, -0.05) is 24.7 Å². The van der Waals surface area contributed by atoms with E-state index >= 15 is 0 Å². The number of rotatable bonds is 8. The van der Waals surface area contributed by atoms with Crippen LogP contribution in [0.15, 0.2) is 51.0 Å². The van der Waals surface area contributed by atoms with Gasteiger partial charge in [-0.2, -0.15) is 4.31 Å². The molecule has 2 heterocycles. The summed E-state index contributed by atoms with van der Waals surface area (Å²) in [4.78, 5) is 12.1. The number of piperidine rings is 1. The van der Waals surface area contributed by atoms with Crippen LogP contribution in [-0.2, 0) is 26.6 Å². The molecular weight excluding hydrogens is 498 g/mol. The molecule has 1 fully saturated rings. The first-order valence-electron chi connectivity index (χ1n) is 11.0. The van der Waals surface area contributed by atoms with Crippen molar-refractivity contribution >= 4 is 47.3 Å². The molecular formula is C22H27N3O6S3. The van der Waals surface area contributed by atoms with Gasteiger partial charge < -0.3 is 4.74 Å². The van der Waals surface area contributed by atoms with E-state index in [9.17, 15) is 21.6 Å². The second-order valence-corrected chi connectivity index (χ2v) is 12.7. The van der Waals surface area contributed by atoms with Gasteiger partial charge in [0.25, 0.3) is 10.0 Å². The van der Waals surface area contributed by atoms with Gasteiger partial charge in [0.15, 0.2) is 0 Å². The maximum absolute atomic E-state index is 13.2. The van der Waals surface area contributed by atoms with Gasteiger partial charge in [-0.3, -0.25) is 14.1 Å². The Morgan fingerprint density at radius 3 is 2.38 bits per heavy atom. The number of ether oxygens (including phenoxy) is 1. The third-order valence-corrected chi connectivity index (χ3v) is 9.97. The van der Waals surface area contributed by atoms with E-state index in [1.807, 2.05) is 6.92 Å². The van der Waals surface area contributed by atoms with Crippen molar-refractivity contribution in [3.63, 3.8) is 0 Å². The maximum atomic E-state index is 13.2. The molecule has 0 spiro atoms. The largest absolute Gasteiger partial charge is 0.495 e. The van der Waals surface area contributed by atoms with Crippen LogP contribution in [0.25, 0.3) is 10.2 Å². The predicted octanol–water partition coefficient (Wildman–Crippen LogP) is 3.46. The lowest BCUT2D eigenvalue weighted by Crippen LogP contribution is -2.35. The molecule has 1 aliphatic rings. The highest BCUT2D eigenvalue weighted by Gasteiger charge is 2.27. The molecule has 4 rings (SSSR count). The first kappa shape index (κ1) is 24.7. The average molecular weight is 526 g/mol. The third-order valence-electron chi connectivity index (χ3n) is 5.77. The van der Waals surface area contributed by atoms with Crippen LogP contribution in [0.4, 0.5) is 5.69 Å². The van der Waals surface area contributed by atoms with E-state index in [0.717, 1.165) is 37.0 Å². The molecule has 0 radical (unpaired) electrons. The van der Waals surface area contributed by atoms with Crippen molar-refractivity contribution in [2.75, 3.05) is 24.9 Å². The second kappa shape index (κ2) is 9.68. The zero-order valence-corrected chi connectivity index (χ0v) is 21.4. The number of fused-ring (bicyclic) bond motifs is 1. The number of nitrogens with zero attached hydrogens (tertiary/aromatic N) is 2. The molecule has 3 aromatic rings. The number of hydrogen-bond donors (Lipinski definition) is 1. The summed E-state index contributed by atoms with van der Waals surface area (Å²) in [5.74, 6) is 0.195. The predicted molar refractivity (Wildman–Crippen MR) is 133 cm³/mol. The fraction of sp³-hybridized carbons (Fsp3) is 0.409. The molecule has 0 unspecified atom stereocenters. The zero-order valence-electron chi connectivity index (χ0n) is 19.0. The van der Waals surface area contributed by atoms with Crippen LogP contribution in [-0.4, -0.2) is 45.9 Å². The summed E-state index contributed by atoms with van der Waals surface area (Å²) in [5.41, 5.74) is 0.709. The Bertz CT molecular complexity index is 1470. The average Bonchev–Trinajstić information content (AvgIpc) is 3.14. The molecule has 2 aromatic carbocycles. The molecule has 0 aliphatic carbocycles. The van der Waals surface area contributed by atoms with Crippen molar-refractivity contribution < 1.29 is 21.6 Å². The van der Waals surface area contributed by atoms with Crippen molar-refractivity contribution in [2.24, 2.45) is 0 Å². The van der Waals surface area contributed by atoms with Crippen LogP contribution in [0.3, 0.4) is 0 Å². The summed E-state index contributed by atoms with van der Waals surface area (Å²) in [6, 6.07) is 8.65. The molecule has 0 saturated carbocycles. The monoisotopic (exact) mass is 525 g/mol. The first-order valence-corrected chi connectivity index (χ1v) is 14.8. The maximum Gasteiger partial charge on any atom is 0.308 e. The van der Waals surface area contributed by atoms with Crippen molar-refractivity contribution in [2.45, 2.75) is 48.9 Å². The van der Waals surface area contributed by atoms with Gasteiger partial charge in [-0.05, 0) is 55.7 Å². The number of anilines is 1. The minimum atomic E-state index is -4.08. The van der Waals surface area contributed by atoms with E-state index in [0.29, 0.717) is 29.9 Å². The quantitative estimate of drug-likeness (QED) is 0.482. The Morgan fingerprint density at radius 1 is 1.00 bits per heavy atom. The first-order chi connectivity index (χ1) is 16.2. The molecule has 0 amide bonds. The van der Waals surface area contributed by atoms with E-state index in [-0.39, 0.29) is 26.1 Å². The van der Waals surface area contributed by atoms with Gasteiger partial charge in [0, 0.05) is 19.6 Å². The van der Waals surface area contributed by atoms with Crippen LogP contribution in [0.1, 0.15) is 32.6 Å². The van der Waals surface area contributed by atoms with Crippen LogP contribution < -0.4 is 14.3 Å². The summed E-state index contributed by atoms with van der Waals surface area (Å²) < 4.78 is 63.9. The zero-order chi connectivity index (χ0) is 24.5. The Labute approximate surface area is 203 Å². The number of methoxy groups -OCH3 is 1. The Balaban J connectivity index is 1.69. The van der Waals surface area contributed by atoms with E-state index in [1.54, 1.807) is 10.6 Å². The minimum Gasteiger partial charge on any atom is -0.495 e. The van der Waals surface area contributed by atoms with E-state index in [4.69, 9.17) is 4.74 Å². The fourth-order valence-corrected chi connectivity index (χ4v) is 7.70. The van der Waals surface area contributed by atoms with Crippen LogP contribution in [0, 0.1) is 0 Å². The number of benzene rings is 2. The highest BCUT2D eigenvalue weighted by atomic mass is 32.2. The second-order valence-electron chi connectivity index (χ2n) is 8.08. The standard InChI is InChI=1S/C22H27N3O6S3/c1-3-11-25-19-9-7-16(15-21(19)32-22(25)26)33(27,28)23-18-14-17(8-10-20(18)31-2)34(29,30)24-12-5-4-6-13-24/h7-10,14-15,23H,3-6,11-13H2,1-2H3. The van der Waals surface area contributed by atoms with Gasteiger partial charge in [0.05, 0.1) is 32.8 Å². The van der Waals surface area contributed by atoms with Crippen LogP contribution >= 0.6 is 11.3 Å². The summed E-state index contributed by atoms with van der Waals surface area (Å²) in [5, 5.41) is 0. The lowest BCUT2D eigenvalue weighted by molar-refractivity contribution is 0.346. The third kappa shape index (κ3) is 4.72. The molecule has 12 heteroatoms. The smallest absolute Gasteiger partial charge is 0.308 e. The molecule has 184 valence electrons. The molecule has 34 heavy (non-hydrogen) atoms. The molecule has 1 saturated heterocycles. The Morgan fingerprint density at radius 2 is 1.71 bits per heavy atom. The number of sulfonamides is 2. The summed E-state index contributed by atoms with van der Waals surface area (Å²) in [6.07, 6.45) is 3.36. The van der Waals surface area contributed by atoms with Gasteiger partial charge in [0.2, 0.25) is 10.0 Å². The van der Waals surface area contributed by atoms with E-state index in [1.165, 1.54) is 41.7 Å². The molecule has 1 aliphatic heterocycles. The number of hydrogen-bond acceptors (Lipinski definition) is 7. The SMILES string of the molecule is CCCn1c(=O)sc2cc(S(=O)(=O)Nc3cc(S(=O)(=O)N4CCCCC4)ccc3OC)ccc21. The van der Waals surface area contributed by atoms with Gasteiger partial charge in [-0.25, -0.2) is 16.8 Å². The molecule has 9 nitrogen and oxygen atoms in total. The van der Waals surface area contributed by atoms with Crippen molar-refractivity contribution in [1.82, 2.24) is 8.87 Å². The highest BCUT2D eigenvalue weighted by molar-refractivity contribution is 7.92. The lowest BCUT2D eigenvalue weighted by atomic mass is 10.2. The molecule has 0 bridgehead atoms. The van der Waals surface area contributed by atoms with Crippen molar-refractivity contribution in [1.29, 1.82) is 0 Å². The van der Waals surface area contributed by atoms with Crippen molar-refractivity contribution in [3.8, 4) is 5.75 Å². The lowest BCUT2D eigenvalue weighted by Gasteiger charge is -2.26. The molecule has 0 atom stereocenters. The topological polar surface area (TPSA) is 115 Å². The van der Waals surface area contributed by atoms with Gasteiger partial charge >= 0.3 is 4.87 Å². The Kier molecular flexibility index (Phi) is 7.04. The highest BCUT2D eigenvalue weighted by Crippen LogP contribution is 2.32. The number of aryl methyl sites for hydroxylation is 1. The van der Waals surface area contributed by atoms with Gasteiger partial charge in [-0.15, -0.1) is 0 Å². The molecule has 1 aromatic heterocycles.